The van der Waals surface area contributed by atoms with E-state index in [2.05, 4.69) is 232 Å². The molecule has 0 unspecified atom stereocenters. The molecule has 0 amide bonds. The lowest BCUT2D eigenvalue weighted by molar-refractivity contribution is 1.07. The fourth-order valence-corrected chi connectivity index (χ4v) is 12.7. The maximum atomic E-state index is 5.51. The van der Waals surface area contributed by atoms with Crippen LogP contribution in [-0.4, -0.2) is 43.6 Å². The molecule has 0 bridgehead atoms. The predicted molar refractivity (Wildman–Crippen MR) is 354 cm³/mol. The fraction of sp³-hybridized carbons (Fsp3) is 0. The third-order valence-corrected chi connectivity index (χ3v) is 16.7. The minimum Gasteiger partial charge on any atom is -0.309 e. The average molecular weight is 1110 g/mol. The molecule has 0 saturated heterocycles. The summed E-state index contributed by atoms with van der Waals surface area (Å²) < 4.78 is 6.95. The summed E-state index contributed by atoms with van der Waals surface area (Å²) in [7, 11) is 0. The summed E-state index contributed by atoms with van der Waals surface area (Å²) in [5.74, 6) is 3.25. The normalized spacial score (nSPS) is 11.7. The first-order chi connectivity index (χ1) is 43.1. The molecule has 406 valence electrons. The van der Waals surface area contributed by atoms with Gasteiger partial charge >= 0.3 is 0 Å². The van der Waals surface area contributed by atoms with Crippen LogP contribution in [0.5, 0.6) is 0 Å². The molecule has 5 aromatic heterocycles. The van der Waals surface area contributed by atoms with E-state index in [4.69, 9.17) is 29.9 Å². The van der Waals surface area contributed by atoms with E-state index >= 15 is 0 Å². The van der Waals surface area contributed by atoms with Crippen molar-refractivity contribution in [3.63, 3.8) is 0 Å². The first-order valence-electron chi connectivity index (χ1n) is 29.2. The van der Waals surface area contributed by atoms with Gasteiger partial charge in [0.15, 0.2) is 28.9 Å². The summed E-state index contributed by atoms with van der Waals surface area (Å²) in [6.07, 6.45) is 0. The molecule has 0 radical (unpaired) electrons. The number of imidazole rings is 1. The smallest absolute Gasteiger partial charge is 0.183 e. The zero-order chi connectivity index (χ0) is 57.4. The summed E-state index contributed by atoms with van der Waals surface area (Å²) in [6, 6.07) is 104. The van der Waals surface area contributed by atoms with E-state index in [1.54, 1.807) is 0 Å². The molecule has 0 aliphatic rings. The van der Waals surface area contributed by atoms with Crippen LogP contribution >= 0.6 is 0 Å². The zero-order valence-corrected chi connectivity index (χ0v) is 46.8. The van der Waals surface area contributed by atoms with Crippen molar-refractivity contribution in [2.45, 2.75) is 0 Å². The van der Waals surface area contributed by atoms with Gasteiger partial charge in [-0.2, -0.15) is 0 Å². The van der Waals surface area contributed by atoms with Gasteiger partial charge in [-0.3, -0.25) is 4.57 Å². The third kappa shape index (κ3) is 8.47. The summed E-state index contributed by atoms with van der Waals surface area (Å²) in [5, 5.41) is 6.93. The summed E-state index contributed by atoms with van der Waals surface area (Å²) in [6.45, 7) is 0. The SMILES string of the molecule is c1ccc(-c2nc(-c3ccccc3)nc(-c3cccc(-n4c5ccc(-c6ccc7c(c6)c6cc(-c8nc(-c9ccccc9)c9c(n8)nc(-c8ccccc8)n9-c8ccccc8)ccc6n7-c6ccccc6)cc5c5c6ccccc6ccc54)c3)n2)cc1. The van der Waals surface area contributed by atoms with Crippen molar-refractivity contribution >= 4 is 65.5 Å². The van der Waals surface area contributed by atoms with Gasteiger partial charge in [0.2, 0.25) is 0 Å². The monoisotopic (exact) mass is 1110 g/mol. The maximum absolute atomic E-state index is 5.51. The number of nitrogens with zero attached hydrogens (tertiary/aromatic N) is 9. The molecule has 0 aliphatic heterocycles. The van der Waals surface area contributed by atoms with Gasteiger partial charge in [0, 0.05) is 72.0 Å². The van der Waals surface area contributed by atoms with E-state index < -0.39 is 0 Å². The Balaban J connectivity index is 0.838. The standard InChI is InChI=1S/C78H49N9/c1-7-23-51(24-8-1)71-72-77(84-78(54-29-13-4-14-30-54)87(72)60-34-17-6-18-35-60)83-75(79-71)58-41-44-67-64(49-58)63-47-55(39-42-66(63)85(67)59-32-15-5-16-33-59)56-40-43-68-65(48-56)70-62-37-20-19-22-50(62)38-45-69(70)86(68)61-36-21-31-57(46-61)76-81-73(52-25-9-2-10-26-52)80-74(82-76)53-27-11-3-12-28-53/h1-49H. The Hall–Kier alpha value is -11.9. The van der Waals surface area contributed by atoms with Crippen LogP contribution in [0, 0.1) is 0 Å². The van der Waals surface area contributed by atoms with Crippen molar-refractivity contribution < 1.29 is 0 Å². The zero-order valence-electron chi connectivity index (χ0n) is 46.8. The summed E-state index contributed by atoms with van der Waals surface area (Å²) in [5.41, 5.74) is 17.5. The van der Waals surface area contributed by atoms with Crippen LogP contribution in [0.3, 0.4) is 0 Å². The van der Waals surface area contributed by atoms with Gasteiger partial charge in [0.05, 0.1) is 22.1 Å². The Morgan fingerprint density at radius 2 is 0.655 bits per heavy atom. The largest absolute Gasteiger partial charge is 0.309 e. The number of para-hydroxylation sites is 2. The molecule has 0 atom stereocenters. The molecule has 12 aromatic carbocycles. The Labute approximate surface area is 500 Å². The van der Waals surface area contributed by atoms with Gasteiger partial charge in [-0.25, -0.2) is 29.9 Å². The fourth-order valence-electron chi connectivity index (χ4n) is 12.7. The topological polar surface area (TPSA) is 92.1 Å². The molecule has 0 saturated carbocycles. The average Bonchev–Trinajstić information content (AvgIpc) is 1.83. The number of aromatic nitrogens is 9. The van der Waals surface area contributed by atoms with E-state index in [-0.39, 0.29) is 0 Å². The van der Waals surface area contributed by atoms with Crippen LogP contribution in [0.1, 0.15) is 0 Å². The molecule has 17 rings (SSSR count). The summed E-state index contributed by atoms with van der Waals surface area (Å²) in [4.78, 5) is 31.4. The summed E-state index contributed by atoms with van der Waals surface area (Å²) >= 11 is 0. The second-order valence-electron chi connectivity index (χ2n) is 21.9. The van der Waals surface area contributed by atoms with Crippen molar-refractivity contribution in [2.75, 3.05) is 0 Å². The van der Waals surface area contributed by atoms with E-state index in [1.807, 2.05) is 78.9 Å². The first-order valence-corrected chi connectivity index (χ1v) is 29.2. The molecule has 0 spiro atoms. The van der Waals surface area contributed by atoms with Gasteiger partial charge in [0.25, 0.3) is 0 Å². The number of hydrogen-bond donors (Lipinski definition) is 0. The Bertz CT molecular complexity index is 5430. The quantitative estimate of drug-likeness (QED) is 0.135. The van der Waals surface area contributed by atoms with Crippen molar-refractivity contribution in [1.29, 1.82) is 0 Å². The van der Waals surface area contributed by atoms with Crippen molar-refractivity contribution in [3.8, 4) is 96.4 Å². The number of benzene rings is 12. The Kier molecular flexibility index (Phi) is 11.7. The van der Waals surface area contributed by atoms with Gasteiger partial charge < -0.3 is 9.13 Å². The number of hydrogen-bond acceptors (Lipinski definition) is 6. The Morgan fingerprint density at radius 1 is 0.230 bits per heavy atom. The van der Waals surface area contributed by atoms with E-state index in [0.717, 1.165) is 117 Å². The minimum absolute atomic E-state index is 0.596. The lowest BCUT2D eigenvalue weighted by atomic mass is 9.98. The second-order valence-corrected chi connectivity index (χ2v) is 21.9. The van der Waals surface area contributed by atoms with Crippen LogP contribution in [0.2, 0.25) is 0 Å². The highest BCUT2D eigenvalue weighted by atomic mass is 15.1. The predicted octanol–water partition coefficient (Wildman–Crippen LogP) is 19.0. The molecule has 0 N–H and O–H groups in total. The molecular weight excluding hydrogens is 1060 g/mol. The molecule has 0 fully saturated rings. The highest BCUT2D eigenvalue weighted by molar-refractivity contribution is 6.22. The van der Waals surface area contributed by atoms with Crippen molar-refractivity contribution in [1.82, 2.24) is 43.6 Å². The maximum Gasteiger partial charge on any atom is 0.183 e. The Morgan fingerprint density at radius 3 is 1.28 bits per heavy atom. The van der Waals surface area contributed by atoms with Crippen LogP contribution in [0.4, 0.5) is 0 Å². The van der Waals surface area contributed by atoms with Gasteiger partial charge in [0.1, 0.15) is 17.0 Å². The lowest BCUT2D eigenvalue weighted by Crippen LogP contribution is -2.01. The molecule has 87 heavy (non-hydrogen) atoms. The van der Waals surface area contributed by atoms with Crippen molar-refractivity contribution in [3.05, 3.63) is 297 Å². The first kappa shape index (κ1) is 49.7. The van der Waals surface area contributed by atoms with E-state index in [9.17, 15) is 0 Å². The number of fused-ring (bicyclic) bond motifs is 9. The lowest BCUT2D eigenvalue weighted by Gasteiger charge is -2.13. The van der Waals surface area contributed by atoms with E-state index in [1.165, 1.54) is 16.2 Å². The third-order valence-electron chi connectivity index (χ3n) is 16.7. The molecule has 5 heterocycles. The minimum atomic E-state index is 0.596. The van der Waals surface area contributed by atoms with E-state index in [0.29, 0.717) is 28.9 Å². The molecule has 9 nitrogen and oxygen atoms in total. The molecular formula is C78H49N9. The van der Waals surface area contributed by atoms with Crippen LogP contribution < -0.4 is 0 Å². The molecule has 9 heteroatoms. The van der Waals surface area contributed by atoms with Crippen LogP contribution in [0.25, 0.3) is 162 Å². The number of rotatable bonds is 10. The van der Waals surface area contributed by atoms with Crippen LogP contribution in [-0.2, 0) is 0 Å². The van der Waals surface area contributed by atoms with Gasteiger partial charge in [-0.1, -0.05) is 212 Å². The van der Waals surface area contributed by atoms with Gasteiger partial charge in [-0.15, -0.1) is 0 Å². The highest BCUT2D eigenvalue weighted by Gasteiger charge is 2.24. The molecule has 17 aromatic rings. The highest BCUT2D eigenvalue weighted by Crippen LogP contribution is 2.43. The van der Waals surface area contributed by atoms with Crippen LogP contribution in [0.15, 0.2) is 297 Å². The molecule has 0 aliphatic carbocycles. The van der Waals surface area contributed by atoms with Crippen molar-refractivity contribution in [2.24, 2.45) is 0 Å². The van der Waals surface area contributed by atoms with Gasteiger partial charge in [-0.05, 0) is 107 Å². The second kappa shape index (κ2) is 20.4.